The van der Waals surface area contributed by atoms with Crippen molar-refractivity contribution in [3.63, 3.8) is 0 Å². The molecule has 2 N–H and O–H groups in total. The van der Waals surface area contributed by atoms with E-state index in [-0.39, 0.29) is 11.7 Å². The lowest BCUT2D eigenvalue weighted by molar-refractivity contribution is -0.117. The molecule has 11 heteroatoms. The number of amides is 3. The van der Waals surface area contributed by atoms with E-state index in [2.05, 4.69) is 31.9 Å². The Morgan fingerprint density at radius 3 is 2.63 bits per heavy atom. The number of hydrogen-bond acceptors (Lipinski definition) is 8. The number of benzene rings is 1. The first kappa shape index (κ1) is 22.6. The van der Waals surface area contributed by atoms with Crippen LogP contribution in [0.1, 0.15) is 33.5 Å². The number of nitrogens with one attached hydrogen (secondary N) is 2. The fourth-order valence-electron chi connectivity index (χ4n) is 2.55. The summed E-state index contributed by atoms with van der Waals surface area (Å²) in [5, 5.41) is 14.2. The summed E-state index contributed by atoms with van der Waals surface area (Å²) in [5.74, 6) is 1.18. The Bertz CT molecular complexity index is 1010. The SMILES string of the molecule is CCn1c(CSc2nc3ccccc3s2)nnc1SCC(=O)NC(=O)NC(C)(C)C. The molecule has 2 heterocycles. The topological polar surface area (TPSA) is 102 Å². The lowest BCUT2D eigenvalue weighted by Gasteiger charge is -2.20. The zero-order valence-corrected chi connectivity index (χ0v) is 19.7. The number of nitrogens with zero attached hydrogens (tertiary/aromatic N) is 4. The van der Waals surface area contributed by atoms with E-state index in [0.717, 1.165) is 20.4 Å². The van der Waals surface area contributed by atoms with E-state index in [4.69, 9.17) is 0 Å². The third kappa shape index (κ3) is 6.19. The van der Waals surface area contributed by atoms with Gasteiger partial charge in [-0.05, 0) is 39.8 Å². The molecule has 3 amide bonds. The van der Waals surface area contributed by atoms with Crippen LogP contribution in [0.3, 0.4) is 0 Å². The van der Waals surface area contributed by atoms with E-state index in [1.165, 1.54) is 11.8 Å². The quantitative estimate of drug-likeness (QED) is 0.511. The van der Waals surface area contributed by atoms with Crippen molar-refractivity contribution in [2.75, 3.05) is 5.75 Å². The summed E-state index contributed by atoms with van der Waals surface area (Å²) in [5.41, 5.74) is 0.593. The van der Waals surface area contributed by atoms with Gasteiger partial charge in [0.15, 0.2) is 9.50 Å². The third-order valence-electron chi connectivity index (χ3n) is 3.78. The van der Waals surface area contributed by atoms with Crippen molar-refractivity contribution in [3.05, 3.63) is 30.1 Å². The maximum atomic E-state index is 12.1. The summed E-state index contributed by atoms with van der Waals surface area (Å²) in [6.07, 6.45) is 0. The minimum Gasteiger partial charge on any atom is -0.333 e. The molecule has 8 nitrogen and oxygen atoms in total. The van der Waals surface area contributed by atoms with Crippen molar-refractivity contribution in [3.8, 4) is 0 Å². The minimum absolute atomic E-state index is 0.0840. The third-order valence-corrected chi connectivity index (χ3v) is 6.92. The molecule has 0 fully saturated rings. The minimum atomic E-state index is -0.502. The molecule has 0 aliphatic rings. The highest BCUT2D eigenvalue weighted by Crippen LogP contribution is 2.31. The molecule has 30 heavy (non-hydrogen) atoms. The number of rotatable bonds is 7. The average Bonchev–Trinajstić information content (AvgIpc) is 3.25. The molecule has 0 spiro atoms. The number of imide groups is 1. The van der Waals surface area contributed by atoms with E-state index in [9.17, 15) is 9.59 Å². The van der Waals surface area contributed by atoms with Gasteiger partial charge in [0.2, 0.25) is 5.91 Å². The Morgan fingerprint density at radius 1 is 1.17 bits per heavy atom. The van der Waals surface area contributed by atoms with Crippen LogP contribution in [0.25, 0.3) is 10.2 Å². The highest BCUT2D eigenvalue weighted by atomic mass is 32.2. The number of para-hydroxylation sites is 1. The monoisotopic (exact) mass is 464 g/mol. The molecule has 3 aromatic rings. The molecular weight excluding hydrogens is 440 g/mol. The number of thiazole rings is 1. The van der Waals surface area contributed by atoms with Gasteiger partial charge < -0.3 is 9.88 Å². The highest BCUT2D eigenvalue weighted by molar-refractivity contribution is 8.00. The lowest BCUT2D eigenvalue weighted by atomic mass is 10.1. The first-order valence-electron chi connectivity index (χ1n) is 9.40. The second-order valence-electron chi connectivity index (χ2n) is 7.42. The second kappa shape index (κ2) is 9.80. The van der Waals surface area contributed by atoms with Crippen molar-refractivity contribution >= 4 is 57.0 Å². The van der Waals surface area contributed by atoms with Gasteiger partial charge in [-0.25, -0.2) is 9.78 Å². The van der Waals surface area contributed by atoms with Gasteiger partial charge in [0.25, 0.3) is 0 Å². The van der Waals surface area contributed by atoms with E-state index in [1.54, 1.807) is 23.1 Å². The van der Waals surface area contributed by atoms with Crippen molar-refractivity contribution < 1.29 is 9.59 Å². The molecule has 160 valence electrons. The maximum absolute atomic E-state index is 12.1. The molecule has 0 unspecified atom stereocenters. The zero-order valence-electron chi connectivity index (χ0n) is 17.3. The fourth-order valence-corrected chi connectivity index (χ4v) is 5.38. The Hall–Kier alpha value is -2.11. The standard InChI is InChI=1S/C19H24N6O2S3/c1-5-25-14(10-29-18-20-12-8-6-7-9-13(12)30-18)23-24-17(25)28-11-15(26)21-16(27)22-19(2,3)4/h6-9H,5,10-11H2,1-4H3,(H2,21,22,26,27). The molecule has 0 saturated heterocycles. The number of aromatic nitrogens is 4. The van der Waals surface area contributed by atoms with Gasteiger partial charge in [0, 0.05) is 12.1 Å². The van der Waals surface area contributed by atoms with Gasteiger partial charge in [-0.15, -0.1) is 21.5 Å². The lowest BCUT2D eigenvalue weighted by Crippen LogP contribution is -2.48. The normalized spacial score (nSPS) is 11.6. The summed E-state index contributed by atoms with van der Waals surface area (Å²) in [6, 6.07) is 7.56. The summed E-state index contributed by atoms with van der Waals surface area (Å²) in [6.45, 7) is 8.25. The molecule has 0 radical (unpaired) electrons. The highest BCUT2D eigenvalue weighted by Gasteiger charge is 2.18. The average molecular weight is 465 g/mol. The predicted octanol–water partition coefficient (Wildman–Crippen LogP) is 3.92. The van der Waals surface area contributed by atoms with Crippen LogP contribution < -0.4 is 10.6 Å². The molecule has 0 aliphatic carbocycles. The number of hydrogen-bond donors (Lipinski definition) is 2. The van der Waals surface area contributed by atoms with Crippen LogP contribution in [0.4, 0.5) is 4.79 Å². The Labute approximate surface area is 187 Å². The van der Waals surface area contributed by atoms with Crippen LogP contribution in [-0.4, -0.2) is 43.0 Å². The first-order valence-corrected chi connectivity index (χ1v) is 12.2. The molecule has 0 bridgehead atoms. The van der Waals surface area contributed by atoms with Gasteiger partial charge in [0.05, 0.1) is 21.7 Å². The van der Waals surface area contributed by atoms with Gasteiger partial charge in [-0.3, -0.25) is 10.1 Å². The van der Waals surface area contributed by atoms with Gasteiger partial charge >= 0.3 is 6.03 Å². The number of carbonyl (C=O) groups is 2. The van der Waals surface area contributed by atoms with Crippen molar-refractivity contribution in [2.45, 2.75) is 55.0 Å². The summed E-state index contributed by atoms with van der Waals surface area (Å²) in [7, 11) is 0. The van der Waals surface area contributed by atoms with Gasteiger partial charge in [0.1, 0.15) is 5.82 Å². The number of carbonyl (C=O) groups excluding carboxylic acids is 2. The zero-order chi connectivity index (χ0) is 21.7. The number of fused-ring (bicyclic) bond motifs is 1. The van der Waals surface area contributed by atoms with Crippen molar-refractivity contribution in [1.29, 1.82) is 0 Å². The largest absolute Gasteiger partial charge is 0.333 e. The fraction of sp³-hybridized carbons (Fsp3) is 0.421. The molecule has 0 atom stereocenters. The molecule has 0 aliphatic heterocycles. The maximum Gasteiger partial charge on any atom is 0.321 e. The van der Waals surface area contributed by atoms with Crippen molar-refractivity contribution in [2.24, 2.45) is 0 Å². The molecule has 3 rings (SSSR count). The van der Waals surface area contributed by atoms with Crippen molar-refractivity contribution in [1.82, 2.24) is 30.4 Å². The summed E-state index contributed by atoms with van der Waals surface area (Å²) >= 11 is 4.54. The van der Waals surface area contributed by atoms with E-state index >= 15 is 0 Å². The molecule has 2 aromatic heterocycles. The van der Waals surface area contributed by atoms with Crippen LogP contribution in [0.2, 0.25) is 0 Å². The van der Waals surface area contributed by atoms with E-state index in [1.807, 2.05) is 50.5 Å². The Balaban J connectivity index is 1.56. The molecule has 1 aromatic carbocycles. The first-order chi connectivity index (χ1) is 14.2. The van der Waals surface area contributed by atoms with E-state index < -0.39 is 11.6 Å². The number of thioether (sulfide) groups is 2. The van der Waals surface area contributed by atoms with Crippen LogP contribution in [-0.2, 0) is 17.1 Å². The van der Waals surface area contributed by atoms with E-state index in [0.29, 0.717) is 17.5 Å². The second-order valence-corrected chi connectivity index (χ2v) is 10.6. The molecule has 0 saturated carbocycles. The van der Waals surface area contributed by atoms with Crippen LogP contribution in [0, 0.1) is 0 Å². The van der Waals surface area contributed by atoms with Crippen LogP contribution in [0.15, 0.2) is 33.8 Å². The summed E-state index contributed by atoms with van der Waals surface area (Å²) < 4.78 is 4.13. The van der Waals surface area contributed by atoms with Crippen LogP contribution >= 0.6 is 34.9 Å². The van der Waals surface area contributed by atoms with Crippen LogP contribution in [0.5, 0.6) is 0 Å². The Kier molecular flexibility index (Phi) is 7.37. The number of urea groups is 1. The summed E-state index contributed by atoms with van der Waals surface area (Å²) in [4.78, 5) is 28.5. The Morgan fingerprint density at radius 2 is 1.93 bits per heavy atom. The smallest absolute Gasteiger partial charge is 0.321 e. The van der Waals surface area contributed by atoms with Gasteiger partial charge in [-0.2, -0.15) is 0 Å². The van der Waals surface area contributed by atoms with Gasteiger partial charge in [-0.1, -0.05) is 35.7 Å². The predicted molar refractivity (Wildman–Crippen MR) is 122 cm³/mol. The molecular formula is C19H24N6O2S3.